The molecule has 1 aliphatic rings. The molecular formula is C13H24N4. The van der Waals surface area contributed by atoms with Gasteiger partial charge in [-0.05, 0) is 33.2 Å². The quantitative estimate of drug-likeness (QED) is 0.874. The molecule has 1 fully saturated rings. The van der Waals surface area contributed by atoms with Crippen molar-refractivity contribution in [3.63, 3.8) is 0 Å². The van der Waals surface area contributed by atoms with Crippen LogP contribution in [-0.4, -0.2) is 21.8 Å². The molecule has 0 saturated heterocycles. The Morgan fingerprint density at radius 3 is 2.59 bits per heavy atom. The fourth-order valence-corrected chi connectivity index (χ4v) is 2.93. The fraction of sp³-hybridized carbons (Fsp3) is 0.846. The van der Waals surface area contributed by atoms with Gasteiger partial charge in [0.1, 0.15) is 11.6 Å². The number of hydrogen-bond donors (Lipinski definition) is 1. The zero-order valence-corrected chi connectivity index (χ0v) is 11.2. The van der Waals surface area contributed by atoms with Crippen LogP contribution in [0, 0.1) is 6.92 Å². The number of nitrogens with zero attached hydrogens (tertiary/aromatic N) is 3. The van der Waals surface area contributed by atoms with E-state index in [9.17, 15) is 0 Å². The third-order valence-electron chi connectivity index (χ3n) is 3.90. The second-order valence-corrected chi connectivity index (χ2v) is 5.02. The highest BCUT2D eigenvalue weighted by molar-refractivity contribution is 5.03. The highest BCUT2D eigenvalue weighted by atomic mass is 15.3. The van der Waals surface area contributed by atoms with Crippen molar-refractivity contribution in [2.45, 2.75) is 64.5 Å². The van der Waals surface area contributed by atoms with Gasteiger partial charge in [0.05, 0.1) is 6.04 Å². The lowest BCUT2D eigenvalue weighted by molar-refractivity contribution is 0.330. The van der Waals surface area contributed by atoms with Crippen LogP contribution in [-0.2, 0) is 0 Å². The second kappa shape index (κ2) is 5.63. The van der Waals surface area contributed by atoms with Gasteiger partial charge in [0.25, 0.3) is 0 Å². The highest BCUT2D eigenvalue weighted by Gasteiger charge is 2.24. The maximum absolute atomic E-state index is 4.38. The maximum atomic E-state index is 4.38. The molecule has 0 bridgehead atoms. The molecule has 0 radical (unpaired) electrons. The van der Waals surface area contributed by atoms with E-state index in [4.69, 9.17) is 0 Å². The average Bonchev–Trinajstić information content (AvgIpc) is 2.74. The van der Waals surface area contributed by atoms with Crippen LogP contribution in [0.4, 0.5) is 0 Å². The molecule has 0 aromatic carbocycles. The average molecular weight is 236 g/mol. The van der Waals surface area contributed by atoms with E-state index in [0.29, 0.717) is 12.1 Å². The number of hydrogen-bond acceptors (Lipinski definition) is 3. The summed E-state index contributed by atoms with van der Waals surface area (Å²) >= 11 is 0. The minimum Gasteiger partial charge on any atom is -0.311 e. The van der Waals surface area contributed by atoms with Gasteiger partial charge in [-0.25, -0.2) is 0 Å². The van der Waals surface area contributed by atoms with Crippen LogP contribution >= 0.6 is 0 Å². The zero-order valence-electron chi connectivity index (χ0n) is 11.2. The first kappa shape index (κ1) is 12.6. The molecule has 1 heterocycles. The van der Waals surface area contributed by atoms with Gasteiger partial charge in [-0.3, -0.25) is 0 Å². The lowest BCUT2D eigenvalue weighted by Crippen LogP contribution is -2.24. The summed E-state index contributed by atoms with van der Waals surface area (Å²) in [4.78, 5) is 0. The zero-order chi connectivity index (χ0) is 12.3. The van der Waals surface area contributed by atoms with Crippen molar-refractivity contribution in [3.05, 3.63) is 11.6 Å². The van der Waals surface area contributed by atoms with Gasteiger partial charge in [-0.1, -0.05) is 26.2 Å². The van der Waals surface area contributed by atoms with E-state index in [1.807, 2.05) is 7.05 Å². The summed E-state index contributed by atoms with van der Waals surface area (Å²) in [5.41, 5.74) is 0. The molecule has 1 aliphatic carbocycles. The Bertz CT molecular complexity index is 348. The number of aryl methyl sites for hydroxylation is 1. The summed E-state index contributed by atoms with van der Waals surface area (Å²) in [5.74, 6) is 2.19. The molecule has 1 N–H and O–H groups in total. The molecular weight excluding hydrogens is 212 g/mol. The molecule has 2 rings (SSSR count). The first-order chi connectivity index (χ1) is 8.27. The molecule has 1 aromatic heterocycles. The summed E-state index contributed by atoms with van der Waals surface area (Å²) in [5, 5.41) is 12.0. The van der Waals surface area contributed by atoms with E-state index in [0.717, 1.165) is 18.1 Å². The van der Waals surface area contributed by atoms with Crippen molar-refractivity contribution < 1.29 is 0 Å². The van der Waals surface area contributed by atoms with Gasteiger partial charge in [-0.2, -0.15) is 0 Å². The first-order valence-corrected chi connectivity index (χ1v) is 6.86. The first-order valence-electron chi connectivity index (χ1n) is 6.86. The lowest BCUT2D eigenvalue weighted by Gasteiger charge is -2.27. The predicted octanol–water partition coefficient (Wildman–Crippen LogP) is 2.76. The molecule has 1 saturated carbocycles. The number of aromatic nitrogens is 3. The predicted molar refractivity (Wildman–Crippen MR) is 69.0 cm³/mol. The van der Waals surface area contributed by atoms with Crippen molar-refractivity contribution >= 4 is 0 Å². The van der Waals surface area contributed by atoms with Crippen LogP contribution in [0.15, 0.2) is 0 Å². The molecule has 0 spiro atoms. The van der Waals surface area contributed by atoms with Crippen LogP contribution in [0.2, 0.25) is 0 Å². The molecule has 17 heavy (non-hydrogen) atoms. The third kappa shape index (κ3) is 2.51. The summed E-state index contributed by atoms with van der Waals surface area (Å²) in [6.45, 7) is 4.27. The largest absolute Gasteiger partial charge is 0.311 e. The van der Waals surface area contributed by atoms with Gasteiger partial charge in [0.2, 0.25) is 0 Å². The standard InChI is InChI=1S/C13H24N4/c1-4-12(14-3)13-16-15-10(2)17(13)11-8-6-5-7-9-11/h11-12,14H,4-9H2,1-3H3. The molecule has 1 aromatic rings. The smallest absolute Gasteiger partial charge is 0.150 e. The van der Waals surface area contributed by atoms with E-state index in [2.05, 4.69) is 33.9 Å². The highest BCUT2D eigenvalue weighted by Crippen LogP contribution is 2.31. The molecule has 0 amide bonds. The van der Waals surface area contributed by atoms with Crippen molar-refractivity contribution in [1.82, 2.24) is 20.1 Å². The number of nitrogens with one attached hydrogen (secondary N) is 1. The van der Waals surface area contributed by atoms with Gasteiger partial charge >= 0.3 is 0 Å². The Kier molecular flexibility index (Phi) is 4.15. The van der Waals surface area contributed by atoms with E-state index in [1.54, 1.807) is 0 Å². The Hall–Kier alpha value is -0.900. The summed E-state index contributed by atoms with van der Waals surface area (Å²) in [7, 11) is 2.00. The van der Waals surface area contributed by atoms with Crippen LogP contribution in [0.5, 0.6) is 0 Å². The molecule has 1 atom stereocenters. The maximum Gasteiger partial charge on any atom is 0.150 e. The van der Waals surface area contributed by atoms with Crippen molar-refractivity contribution in [2.75, 3.05) is 7.05 Å². The van der Waals surface area contributed by atoms with Gasteiger partial charge in [0.15, 0.2) is 0 Å². The third-order valence-corrected chi connectivity index (χ3v) is 3.90. The minimum absolute atomic E-state index is 0.332. The summed E-state index contributed by atoms with van der Waals surface area (Å²) < 4.78 is 2.38. The molecule has 1 unspecified atom stereocenters. The summed E-state index contributed by atoms with van der Waals surface area (Å²) in [6, 6.07) is 0.953. The molecule has 4 nitrogen and oxygen atoms in total. The van der Waals surface area contributed by atoms with E-state index >= 15 is 0 Å². The van der Waals surface area contributed by atoms with Crippen LogP contribution in [0.25, 0.3) is 0 Å². The normalized spacial score (nSPS) is 19.5. The van der Waals surface area contributed by atoms with Crippen molar-refractivity contribution in [3.8, 4) is 0 Å². The van der Waals surface area contributed by atoms with E-state index in [-0.39, 0.29) is 0 Å². The topological polar surface area (TPSA) is 42.7 Å². The van der Waals surface area contributed by atoms with Gasteiger partial charge in [-0.15, -0.1) is 10.2 Å². The molecule has 96 valence electrons. The van der Waals surface area contributed by atoms with Crippen LogP contribution in [0.3, 0.4) is 0 Å². The Morgan fingerprint density at radius 1 is 1.29 bits per heavy atom. The SMILES string of the molecule is CCC(NC)c1nnc(C)n1C1CCCCC1. The van der Waals surface area contributed by atoms with E-state index in [1.165, 1.54) is 32.1 Å². The number of rotatable bonds is 4. The van der Waals surface area contributed by atoms with Crippen LogP contribution in [0.1, 0.15) is 69.2 Å². The van der Waals surface area contributed by atoms with Gasteiger partial charge in [0, 0.05) is 6.04 Å². The molecule has 0 aliphatic heterocycles. The fourth-order valence-electron chi connectivity index (χ4n) is 2.93. The van der Waals surface area contributed by atoms with Gasteiger partial charge < -0.3 is 9.88 Å². The second-order valence-electron chi connectivity index (χ2n) is 5.02. The Balaban J connectivity index is 2.27. The summed E-state index contributed by atoms with van der Waals surface area (Å²) in [6.07, 6.45) is 7.70. The Labute approximate surface area is 104 Å². The monoisotopic (exact) mass is 236 g/mol. The molecule has 4 heteroatoms. The Morgan fingerprint density at radius 2 is 2.00 bits per heavy atom. The van der Waals surface area contributed by atoms with Crippen molar-refractivity contribution in [1.29, 1.82) is 0 Å². The lowest BCUT2D eigenvalue weighted by atomic mass is 9.95. The van der Waals surface area contributed by atoms with Crippen molar-refractivity contribution in [2.24, 2.45) is 0 Å². The van der Waals surface area contributed by atoms with Crippen LogP contribution < -0.4 is 5.32 Å². The minimum atomic E-state index is 0.332. The van der Waals surface area contributed by atoms with E-state index < -0.39 is 0 Å².